The molecule has 0 spiro atoms. The van der Waals surface area contributed by atoms with Crippen LogP contribution in [0, 0.1) is 17.3 Å². The summed E-state index contributed by atoms with van der Waals surface area (Å²) in [7, 11) is 0. The predicted molar refractivity (Wildman–Crippen MR) is 111 cm³/mol. The van der Waals surface area contributed by atoms with E-state index in [2.05, 4.69) is 38.3 Å². The van der Waals surface area contributed by atoms with E-state index in [1.54, 1.807) is 0 Å². The average molecular weight is 370 g/mol. The first-order valence-electron chi connectivity index (χ1n) is 10.8. The smallest absolute Gasteiger partial charge is 0.191 e. The minimum atomic E-state index is 0.257. The number of ether oxygens (including phenoxy) is 1. The molecule has 3 N–H and O–H groups in total. The summed E-state index contributed by atoms with van der Waals surface area (Å²) in [6.45, 7) is 13.2. The van der Waals surface area contributed by atoms with Gasteiger partial charge in [-0.1, -0.05) is 26.7 Å². The van der Waals surface area contributed by atoms with Gasteiger partial charge in [0.15, 0.2) is 5.96 Å². The lowest BCUT2D eigenvalue weighted by Gasteiger charge is -2.28. The minimum Gasteiger partial charge on any atom is -0.396 e. The number of hydrogen-bond acceptors (Lipinski definition) is 3. The predicted octanol–water partition coefficient (Wildman–Crippen LogP) is 3.57. The van der Waals surface area contributed by atoms with Crippen molar-refractivity contribution < 1.29 is 9.84 Å². The van der Waals surface area contributed by atoms with Crippen LogP contribution in [0.5, 0.6) is 0 Å². The molecule has 0 bridgehead atoms. The van der Waals surface area contributed by atoms with Gasteiger partial charge in [-0.2, -0.15) is 0 Å². The summed E-state index contributed by atoms with van der Waals surface area (Å²) in [5.41, 5.74) is 0.319. The van der Waals surface area contributed by atoms with Crippen molar-refractivity contribution in [3.8, 4) is 0 Å². The molecule has 1 fully saturated rings. The lowest BCUT2D eigenvalue weighted by molar-refractivity contribution is 0.107. The fraction of sp³-hybridized carbons (Fsp3) is 0.952. The van der Waals surface area contributed by atoms with Crippen molar-refractivity contribution in [1.29, 1.82) is 0 Å². The van der Waals surface area contributed by atoms with E-state index < -0.39 is 0 Å². The molecule has 0 saturated heterocycles. The molecule has 0 amide bonds. The summed E-state index contributed by atoms with van der Waals surface area (Å²) in [4.78, 5) is 4.93. The lowest BCUT2D eigenvalue weighted by Crippen LogP contribution is -2.41. The Kier molecular flexibility index (Phi) is 11.9. The quantitative estimate of drug-likeness (QED) is 0.264. The van der Waals surface area contributed by atoms with Crippen molar-refractivity contribution in [2.24, 2.45) is 22.2 Å². The molecule has 1 unspecified atom stereocenters. The molecular formula is C21H43N3O2. The molecule has 0 radical (unpaired) electrons. The molecule has 0 aliphatic heterocycles. The molecule has 1 rings (SSSR count). The topological polar surface area (TPSA) is 65.9 Å². The Morgan fingerprint density at radius 1 is 1.19 bits per heavy atom. The van der Waals surface area contributed by atoms with Gasteiger partial charge in [0.25, 0.3) is 0 Å². The fourth-order valence-electron chi connectivity index (χ4n) is 4.03. The number of aliphatic hydroxyl groups is 1. The largest absolute Gasteiger partial charge is 0.396 e. The van der Waals surface area contributed by atoms with E-state index in [0.717, 1.165) is 58.1 Å². The van der Waals surface area contributed by atoms with Gasteiger partial charge in [0.1, 0.15) is 0 Å². The second-order valence-electron chi connectivity index (χ2n) is 8.24. The van der Waals surface area contributed by atoms with Crippen LogP contribution in [0.25, 0.3) is 0 Å². The number of aliphatic imine (C=N–C) groups is 1. The maximum absolute atomic E-state index is 9.32. The molecule has 5 nitrogen and oxygen atoms in total. The molecule has 1 aliphatic carbocycles. The number of aliphatic hydroxyl groups excluding tert-OH is 1. The zero-order chi connectivity index (χ0) is 19.3. The Morgan fingerprint density at radius 3 is 2.50 bits per heavy atom. The Balaban J connectivity index is 2.61. The molecule has 5 heteroatoms. The summed E-state index contributed by atoms with van der Waals surface area (Å²) in [5, 5.41) is 16.2. The van der Waals surface area contributed by atoms with Crippen LogP contribution in [0.4, 0.5) is 0 Å². The van der Waals surface area contributed by atoms with E-state index in [1.807, 2.05) is 0 Å². The van der Waals surface area contributed by atoms with Crippen LogP contribution >= 0.6 is 0 Å². The Hall–Kier alpha value is -0.810. The summed E-state index contributed by atoms with van der Waals surface area (Å²) < 4.78 is 5.61. The van der Waals surface area contributed by atoms with Crippen molar-refractivity contribution >= 4 is 5.96 Å². The van der Waals surface area contributed by atoms with Gasteiger partial charge in [-0.25, -0.2) is 0 Å². The molecule has 0 aromatic rings. The van der Waals surface area contributed by atoms with Crippen LogP contribution in [0.2, 0.25) is 0 Å². The normalized spacial score (nSPS) is 18.3. The zero-order valence-electron chi connectivity index (χ0n) is 17.6. The van der Waals surface area contributed by atoms with Gasteiger partial charge in [0.05, 0.1) is 0 Å². The number of hydrogen-bond donors (Lipinski definition) is 3. The SMILES string of the molecule is CCNC(=NCC1(CCOCC)CCCC1)NCC(CCO)CC(C)C. The molecule has 1 aliphatic rings. The maximum Gasteiger partial charge on any atom is 0.191 e. The van der Waals surface area contributed by atoms with Gasteiger partial charge in [-0.05, 0) is 63.2 Å². The molecule has 1 saturated carbocycles. The third-order valence-corrected chi connectivity index (χ3v) is 5.46. The van der Waals surface area contributed by atoms with Crippen LogP contribution in [0.15, 0.2) is 4.99 Å². The van der Waals surface area contributed by atoms with Crippen molar-refractivity contribution in [2.45, 2.75) is 72.6 Å². The number of nitrogens with one attached hydrogen (secondary N) is 2. The first-order valence-corrected chi connectivity index (χ1v) is 10.8. The van der Waals surface area contributed by atoms with E-state index in [4.69, 9.17) is 9.73 Å². The van der Waals surface area contributed by atoms with E-state index in [-0.39, 0.29) is 6.61 Å². The zero-order valence-corrected chi connectivity index (χ0v) is 17.6. The Labute approximate surface area is 161 Å². The van der Waals surface area contributed by atoms with Crippen LogP contribution < -0.4 is 10.6 Å². The summed E-state index contributed by atoms with van der Waals surface area (Å²) in [6, 6.07) is 0. The average Bonchev–Trinajstić information content (AvgIpc) is 3.06. The summed E-state index contributed by atoms with van der Waals surface area (Å²) in [5.74, 6) is 2.05. The van der Waals surface area contributed by atoms with Gasteiger partial charge in [0, 0.05) is 39.5 Å². The van der Waals surface area contributed by atoms with E-state index in [0.29, 0.717) is 17.3 Å². The minimum absolute atomic E-state index is 0.257. The Morgan fingerprint density at radius 2 is 1.92 bits per heavy atom. The molecule has 1 atom stereocenters. The van der Waals surface area contributed by atoms with Crippen molar-refractivity contribution in [3.63, 3.8) is 0 Å². The van der Waals surface area contributed by atoms with E-state index >= 15 is 0 Å². The van der Waals surface area contributed by atoms with Crippen LogP contribution in [0.3, 0.4) is 0 Å². The van der Waals surface area contributed by atoms with E-state index in [1.165, 1.54) is 25.7 Å². The second-order valence-corrected chi connectivity index (χ2v) is 8.24. The Bertz CT molecular complexity index is 379. The highest BCUT2D eigenvalue weighted by atomic mass is 16.5. The first kappa shape index (κ1) is 23.2. The number of rotatable bonds is 13. The standard InChI is InChI=1S/C21H43N3O2/c1-5-22-20(23-16-19(9-13-25)15-18(3)4)24-17-21(10-7-8-11-21)12-14-26-6-2/h18-19,25H,5-17H2,1-4H3,(H2,22,23,24). The molecule has 154 valence electrons. The summed E-state index contributed by atoms with van der Waals surface area (Å²) >= 11 is 0. The van der Waals surface area contributed by atoms with Gasteiger partial charge in [-0.3, -0.25) is 4.99 Å². The highest BCUT2D eigenvalue weighted by Gasteiger charge is 2.33. The van der Waals surface area contributed by atoms with Crippen LogP contribution in [0.1, 0.15) is 72.6 Å². The second kappa shape index (κ2) is 13.4. The highest BCUT2D eigenvalue weighted by Crippen LogP contribution is 2.41. The molecule has 26 heavy (non-hydrogen) atoms. The van der Waals surface area contributed by atoms with Crippen molar-refractivity contribution in [2.75, 3.05) is 39.5 Å². The van der Waals surface area contributed by atoms with Gasteiger partial charge in [0.2, 0.25) is 0 Å². The highest BCUT2D eigenvalue weighted by molar-refractivity contribution is 5.79. The van der Waals surface area contributed by atoms with Gasteiger partial charge in [-0.15, -0.1) is 0 Å². The molecule has 0 heterocycles. The lowest BCUT2D eigenvalue weighted by atomic mass is 9.83. The number of nitrogens with zero attached hydrogens (tertiary/aromatic N) is 1. The monoisotopic (exact) mass is 369 g/mol. The fourth-order valence-corrected chi connectivity index (χ4v) is 4.03. The molecular weight excluding hydrogens is 326 g/mol. The molecule has 0 aromatic carbocycles. The van der Waals surface area contributed by atoms with Crippen LogP contribution in [-0.4, -0.2) is 50.5 Å². The van der Waals surface area contributed by atoms with Gasteiger partial charge >= 0.3 is 0 Å². The molecule has 0 aromatic heterocycles. The number of guanidine groups is 1. The maximum atomic E-state index is 9.32. The van der Waals surface area contributed by atoms with Crippen molar-refractivity contribution in [3.05, 3.63) is 0 Å². The third-order valence-electron chi connectivity index (χ3n) is 5.46. The van der Waals surface area contributed by atoms with Gasteiger partial charge < -0.3 is 20.5 Å². The third kappa shape index (κ3) is 9.22. The first-order chi connectivity index (χ1) is 12.5. The van der Waals surface area contributed by atoms with Crippen LogP contribution in [-0.2, 0) is 4.74 Å². The van der Waals surface area contributed by atoms with E-state index in [9.17, 15) is 5.11 Å². The summed E-state index contributed by atoms with van der Waals surface area (Å²) in [6.07, 6.45) is 8.27. The van der Waals surface area contributed by atoms with Crippen molar-refractivity contribution in [1.82, 2.24) is 10.6 Å².